The van der Waals surface area contributed by atoms with Gasteiger partial charge in [-0.3, -0.25) is 14.2 Å². The Bertz CT molecular complexity index is 867. The monoisotopic (exact) mass is 372 g/mol. The Kier molecular flexibility index (Phi) is 5.75. The van der Waals surface area contributed by atoms with Crippen molar-refractivity contribution in [2.45, 2.75) is 18.4 Å². The van der Waals surface area contributed by atoms with Crippen molar-refractivity contribution < 1.29 is 22.7 Å². The Labute approximate surface area is 142 Å². The minimum Gasteiger partial charge on any atom is -0.490 e. The number of sulfonamides is 1. The van der Waals surface area contributed by atoms with E-state index in [1.165, 1.54) is 28.8 Å². The van der Waals surface area contributed by atoms with Crippen LogP contribution in [0.2, 0.25) is 0 Å². The summed E-state index contributed by atoms with van der Waals surface area (Å²) in [6.07, 6.45) is 0. The second-order valence-corrected chi connectivity index (χ2v) is 7.20. The Morgan fingerprint density at radius 2 is 1.92 bits per heavy atom. The summed E-state index contributed by atoms with van der Waals surface area (Å²) in [6, 6.07) is 5.55. The molecule has 0 radical (unpaired) electrons. The fourth-order valence-corrected chi connectivity index (χ4v) is 3.06. The number of benzene rings is 1. The molecule has 0 unspecified atom stereocenters. The maximum atomic E-state index is 11.7. The van der Waals surface area contributed by atoms with Gasteiger partial charge in [0.15, 0.2) is 0 Å². The van der Waals surface area contributed by atoms with Crippen LogP contribution in [0.4, 0.5) is 0 Å². The second kappa shape index (κ2) is 7.60. The number of aromatic nitrogens is 1. The molecule has 1 heterocycles. The summed E-state index contributed by atoms with van der Waals surface area (Å²) >= 11 is 1.02. The zero-order valence-electron chi connectivity index (χ0n) is 12.8. The molecule has 2 rings (SSSR count). The van der Waals surface area contributed by atoms with Gasteiger partial charge >= 0.3 is 10.8 Å². The van der Waals surface area contributed by atoms with Gasteiger partial charge in [-0.2, -0.15) is 0 Å². The fourth-order valence-electron chi connectivity index (χ4n) is 1.81. The zero-order valence-corrected chi connectivity index (χ0v) is 14.4. The van der Waals surface area contributed by atoms with Crippen LogP contribution >= 0.6 is 11.3 Å². The summed E-state index contributed by atoms with van der Waals surface area (Å²) < 4.78 is 33.9. The number of carbonyl (C=O) groups is 1. The standard InChI is InChI=1S/C14H16N2O6S2/c1-10-9-23-14(18)16(10)8-13(17)22-7-6-21-11-2-4-12(5-3-11)24(15,19)20/h2-5,9H,6-8H2,1H3,(H2,15,19,20). The quantitative estimate of drug-likeness (QED) is 0.558. The van der Waals surface area contributed by atoms with Crippen LogP contribution in [0.1, 0.15) is 5.69 Å². The van der Waals surface area contributed by atoms with E-state index in [0.717, 1.165) is 11.3 Å². The van der Waals surface area contributed by atoms with Crippen molar-refractivity contribution in [3.63, 3.8) is 0 Å². The van der Waals surface area contributed by atoms with E-state index in [1.54, 1.807) is 12.3 Å². The Morgan fingerprint density at radius 1 is 1.25 bits per heavy atom. The lowest BCUT2D eigenvalue weighted by Crippen LogP contribution is -2.23. The van der Waals surface area contributed by atoms with Crippen molar-refractivity contribution in [1.29, 1.82) is 0 Å². The molecule has 0 aliphatic rings. The van der Waals surface area contributed by atoms with Crippen LogP contribution in [0.25, 0.3) is 0 Å². The summed E-state index contributed by atoms with van der Waals surface area (Å²) in [5, 5.41) is 6.66. The number of hydrogen-bond donors (Lipinski definition) is 1. The topological polar surface area (TPSA) is 118 Å². The fraction of sp³-hybridized carbons (Fsp3) is 0.286. The maximum absolute atomic E-state index is 11.7. The average molecular weight is 372 g/mol. The van der Waals surface area contributed by atoms with Crippen molar-refractivity contribution in [2.75, 3.05) is 13.2 Å². The van der Waals surface area contributed by atoms with Crippen LogP contribution in [-0.4, -0.2) is 32.2 Å². The van der Waals surface area contributed by atoms with Gasteiger partial charge in [0, 0.05) is 11.1 Å². The van der Waals surface area contributed by atoms with Crippen LogP contribution in [0, 0.1) is 6.92 Å². The number of rotatable bonds is 7. The predicted octanol–water partition coefficient (Wildman–Crippen LogP) is 0.488. The molecular weight excluding hydrogens is 356 g/mol. The lowest BCUT2D eigenvalue weighted by Gasteiger charge is -2.08. The van der Waals surface area contributed by atoms with Crippen LogP contribution < -0.4 is 14.7 Å². The number of aryl methyl sites for hydroxylation is 1. The Balaban J connectivity index is 1.77. The Morgan fingerprint density at radius 3 is 2.46 bits per heavy atom. The molecule has 130 valence electrons. The lowest BCUT2D eigenvalue weighted by atomic mass is 10.3. The first kappa shape index (κ1) is 18.2. The van der Waals surface area contributed by atoms with Gasteiger partial charge in [0.05, 0.1) is 4.90 Å². The summed E-state index contributed by atoms with van der Waals surface area (Å²) in [7, 11) is -3.74. The minimum absolute atomic E-state index is 0.00765. The normalized spacial score (nSPS) is 11.2. The van der Waals surface area contributed by atoms with Gasteiger partial charge in [0.25, 0.3) is 0 Å². The van der Waals surface area contributed by atoms with E-state index in [2.05, 4.69) is 0 Å². The highest BCUT2D eigenvalue weighted by Crippen LogP contribution is 2.14. The molecule has 2 aromatic rings. The molecule has 0 bridgehead atoms. The number of carbonyl (C=O) groups excluding carboxylic acids is 1. The van der Waals surface area contributed by atoms with Crippen molar-refractivity contribution in [3.05, 3.63) is 45.0 Å². The van der Waals surface area contributed by atoms with Crippen LogP contribution in [0.3, 0.4) is 0 Å². The number of nitrogens with zero attached hydrogens (tertiary/aromatic N) is 1. The van der Waals surface area contributed by atoms with E-state index in [9.17, 15) is 18.0 Å². The van der Waals surface area contributed by atoms with Gasteiger partial charge in [-0.15, -0.1) is 0 Å². The van der Waals surface area contributed by atoms with E-state index in [-0.39, 0.29) is 29.5 Å². The van der Waals surface area contributed by atoms with Crippen molar-refractivity contribution in [3.8, 4) is 5.75 Å². The maximum Gasteiger partial charge on any atom is 0.326 e. The molecule has 1 aromatic heterocycles. The number of ether oxygens (including phenoxy) is 2. The minimum atomic E-state index is -3.74. The Hall–Kier alpha value is -2.17. The number of esters is 1. The van der Waals surface area contributed by atoms with Gasteiger partial charge in [0.2, 0.25) is 10.0 Å². The van der Waals surface area contributed by atoms with E-state index in [4.69, 9.17) is 14.6 Å². The van der Waals surface area contributed by atoms with Crippen molar-refractivity contribution in [1.82, 2.24) is 4.57 Å². The van der Waals surface area contributed by atoms with E-state index < -0.39 is 16.0 Å². The highest BCUT2D eigenvalue weighted by atomic mass is 32.2. The highest BCUT2D eigenvalue weighted by Gasteiger charge is 2.10. The summed E-state index contributed by atoms with van der Waals surface area (Å²) in [5.74, 6) is -0.116. The van der Waals surface area contributed by atoms with Crippen molar-refractivity contribution in [2.24, 2.45) is 5.14 Å². The molecule has 2 N–H and O–H groups in total. The van der Waals surface area contributed by atoms with Gasteiger partial charge in [0.1, 0.15) is 25.5 Å². The predicted molar refractivity (Wildman–Crippen MR) is 87.6 cm³/mol. The van der Waals surface area contributed by atoms with Crippen LogP contribution in [-0.2, 0) is 26.1 Å². The second-order valence-electron chi connectivity index (χ2n) is 4.81. The molecular formula is C14H16N2O6S2. The molecule has 0 aliphatic heterocycles. The molecule has 0 spiro atoms. The van der Waals surface area contributed by atoms with E-state index in [1.807, 2.05) is 0 Å². The molecule has 0 saturated carbocycles. The molecule has 0 amide bonds. The van der Waals surface area contributed by atoms with Gasteiger partial charge in [-0.25, -0.2) is 13.6 Å². The summed E-state index contributed by atoms with van der Waals surface area (Å²) in [5.41, 5.74) is 0.702. The van der Waals surface area contributed by atoms with E-state index in [0.29, 0.717) is 11.4 Å². The number of primary sulfonamides is 1. The zero-order chi connectivity index (χ0) is 17.7. The van der Waals surface area contributed by atoms with Gasteiger partial charge < -0.3 is 9.47 Å². The van der Waals surface area contributed by atoms with Gasteiger partial charge in [-0.1, -0.05) is 11.3 Å². The molecule has 0 fully saturated rings. The molecule has 8 nitrogen and oxygen atoms in total. The van der Waals surface area contributed by atoms with Crippen molar-refractivity contribution >= 4 is 27.3 Å². The van der Waals surface area contributed by atoms with Crippen LogP contribution in [0.5, 0.6) is 5.75 Å². The third kappa shape index (κ3) is 4.91. The largest absolute Gasteiger partial charge is 0.490 e. The summed E-state index contributed by atoms with van der Waals surface area (Å²) in [4.78, 5) is 22.9. The third-order valence-corrected chi connectivity index (χ3v) is 4.84. The SMILES string of the molecule is Cc1csc(=O)n1CC(=O)OCCOc1ccc(S(N)(=O)=O)cc1. The average Bonchev–Trinajstić information content (AvgIpc) is 2.83. The van der Waals surface area contributed by atoms with E-state index >= 15 is 0 Å². The number of nitrogens with two attached hydrogens (primary N) is 1. The highest BCUT2D eigenvalue weighted by molar-refractivity contribution is 7.89. The first-order chi connectivity index (χ1) is 11.3. The lowest BCUT2D eigenvalue weighted by molar-refractivity contribution is -0.145. The van der Waals surface area contributed by atoms with Crippen LogP contribution in [0.15, 0.2) is 39.3 Å². The van der Waals surface area contributed by atoms with Gasteiger partial charge in [-0.05, 0) is 31.2 Å². The number of hydrogen-bond acceptors (Lipinski definition) is 7. The molecule has 0 aliphatic carbocycles. The molecule has 1 aromatic carbocycles. The first-order valence-corrected chi connectivity index (χ1v) is 9.26. The smallest absolute Gasteiger partial charge is 0.326 e. The summed E-state index contributed by atoms with van der Waals surface area (Å²) in [6.45, 7) is 1.70. The molecule has 0 saturated heterocycles. The number of thiazole rings is 1. The molecule has 10 heteroatoms. The third-order valence-electron chi connectivity index (χ3n) is 3.03. The molecule has 24 heavy (non-hydrogen) atoms. The molecule has 0 atom stereocenters. The first-order valence-electron chi connectivity index (χ1n) is 6.83.